The molecule has 0 spiro atoms. The number of hydrogen-bond donors (Lipinski definition) is 0. The summed E-state index contributed by atoms with van der Waals surface area (Å²) in [6.45, 7) is 6.65. The van der Waals surface area contributed by atoms with E-state index in [0.29, 0.717) is 0 Å². The molecule has 2 nitrogen and oxygen atoms in total. The van der Waals surface area contributed by atoms with Crippen LogP contribution in [0.5, 0.6) is 0 Å². The summed E-state index contributed by atoms with van der Waals surface area (Å²) >= 11 is 3.41. The zero-order chi connectivity index (χ0) is 11.8. The molecule has 0 aliphatic carbocycles. The number of imidazole rings is 1. The molecule has 1 heterocycles. The minimum atomic E-state index is 0.199. The highest BCUT2D eigenvalue weighted by molar-refractivity contribution is 9.10. The quantitative estimate of drug-likeness (QED) is 0.773. The second kappa shape index (κ2) is 4.06. The zero-order valence-corrected chi connectivity index (χ0v) is 11.3. The first-order valence-electron chi connectivity index (χ1n) is 5.28. The molecule has 0 saturated carbocycles. The maximum Gasteiger partial charge on any atom is 0.181 e. The van der Waals surface area contributed by atoms with Crippen LogP contribution in [0.1, 0.15) is 26.3 Å². The van der Waals surface area contributed by atoms with Crippen molar-refractivity contribution in [1.29, 1.82) is 0 Å². The lowest BCUT2D eigenvalue weighted by molar-refractivity contribution is 0.590. The Hall–Kier alpha value is -1.09. The summed E-state index contributed by atoms with van der Waals surface area (Å²) in [5.41, 5.74) is 2.66. The van der Waals surface area contributed by atoms with Gasteiger partial charge in [0, 0.05) is 18.1 Å². The predicted octanol–water partition coefficient (Wildman–Crippen LogP) is 3.93. The molecule has 16 heavy (non-hydrogen) atoms. The minimum Gasteiger partial charge on any atom is -0.294 e. The van der Waals surface area contributed by atoms with E-state index in [0.717, 1.165) is 10.4 Å². The van der Waals surface area contributed by atoms with Crippen LogP contribution in [0.25, 0.3) is 5.69 Å². The lowest BCUT2D eigenvalue weighted by Gasteiger charge is -2.19. The molecular formula is C13H15BrN2. The van der Waals surface area contributed by atoms with Crippen molar-refractivity contribution in [2.24, 2.45) is 0 Å². The molecule has 0 unspecified atom stereocenters. The fourth-order valence-electron chi connectivity index (χ4n) is 1.60. The van der Waals surface area contributed by atoms with Crippen molar-refractivity contribution in [1.82, 2.24) is 9.55 Å². The molecule has 0 fully saturated rings. The molecule has 0 aliphatic heterocycles. The van der Waals surface area contributed by atoms with Crippen LogP contribution in [0.15, 0.2) is 41.4 Å². The van der Waals surface area contributed by atoms with Crippen molar-refractivity contribution in [3.05, 3.63) is 47.0 Å². The molecule has 1 aromatic carbocycles. The third-order valence-corrected chi connectivity index (χ3v) is 3.19. The normalized spacial score (nSPS) is 11.8. The van der Waals surface area contributed by atoms with E-state index in [4.69, 9.17) is 0 Å². The van der Waals surface area contributed by atoms with E-state index >= 15 is 0 Å². The first-order valence-corrected chi connectivity index (χ1v) is 6.07. The fourth-order valence-corrected chi connectivity index (χ4v) is 2.04. The molecule has 3 heteroatoms. The minimum absolute atomic E-state index is 0.199. The summed E-state index contributed by atoms with van der Waals surface area (Å²) in [6, 6.07) is 8.57. The summed E-state index contributed by atoms with van der Waals surface area (Å²) in [7, 11) is 0. The maximum atomic E-state index is 4.14. The van der Waals surface area contributed by atoms with Gasteiger partial charge in [-0.15, -0.1) is 0 Å². The molecule has 2 aromatic rings. The Labute approximate surface area is 104 Å². The standard InChI is InChI=1S/C13H15BrN2/c1-13(2,3)10-4-6-11(7-5-10)16-9-8-15-12(16)14/h4-9H,1-3H3. The van der Waals surface area contributed by atoms with E-state index in [1.165, 1.54) is 5.56 Å². The molecule has 0 N–H and O–H groups in total. The summed E-state index contributed by atoms with van der Waals surface area (Å²) in [6.07, 6.45) is 3.72. The third kappa shape index (κ3) is 2.19. The largest absolute Gasteiger partial charge is 0.294 e. The number of nitrogens with zero attached hydrogens (tertiary/aromatic N) is 2. The highest BCUT2D eigenvalue weighted by Crippen LogP contribution is 2.24. The van der Waals surface area contributed by atoms with Gasteiger partial charge in [0.15, 0.2) is 4.73 Å². The molecule has 84 valence electrons. The van der Waals surface area contributed by atoms with E-state index in [1.807, 2.05) is 10.8 Å². The Morgan fingerprint density at radius 2 is 1.75 bits per heavy atom. The van der Waals surface area contributed by atoms with Crippen molar-refractivity contribution < 1.29 is 0 Å². The number of halogens is 1. The maximum absolute atomic E-state index is 4.14. The van der Waals surface area contributed by atoms with Gasteiger partial charge in [0.05, 0.1) is 0 Å². The third-order valence-electron chi connectivity index (χ3n) is 2.61. The topological polar surface area (TPSA) is 17.8 Å². The lowest BCUT2D eigenvalue weighted by atomic mass is 9.87. The van der Waals surface area contributed by atoms with Gasteiger partial charge >= 0.3 is 0 Å². The Morgan fingerprint density at radius 1 is 1.12 bits per heavy atom. The lowest BCUT2D eigenvalue weighted by Crippen LogP contribution is -2.10. The SMILES string of the molecule is CC(C)(C)c1ccc(-n2ccnc2Br)cc1. The molecule has 0 atom stereocenters. The summed E-state index contributed by atoms with van der Waals surface area (Å²) in [5.74, 6) is 0. The Bertz CT molecular complexity index is 477. The van der Waals surface area contributed by atoms with Gasteiger partial charge in [-0.3, -0.25) is 4.57 Å². The average Bonchev–Trinajstić information content (AvgIpc) is 2.63. The van der Waals surface area contributed by atoms with Gasteiger partial charge in [0.2, 0.25) is 0 Å². The van der Waals surface area contributed by atoms with Crippen molar-refractivity contribution in [3.8, 4) is 5.69 Å². The summed E-state index contributed by atoms with van der Waals surface area (Å²) < 4.78 is 2.84. The van der Waals surface area contributed by atoms with E-state index in [-0.39, 0.29) is 5.41 Å². The number of benzene rings is 1. The number of rotatable bonds is 1. The van der Waals surface area contributed by atoms with Crippen molar-refractivity contribution in [2.45, 2.75) is 26.2 Å². The predicted molar refractivity (Wildman–Crippen MR) is 70.0 cm³/mol. The van der Waals surface area contributed by atoms with Gasteiger partial charge in [-0.25, -0.2) is 4.98 Å². The Kier molecular flexibility index (Phi) is 2.89. The van der Waals surface area contributed by atoms with E-state index < -0.39 is 0 Å². The van der Waals surface area contributed by atoms with Crippen molar-refractivity contribution in [2.75, 3.05) is 0 Å². The Morgan fingerprint density at radius 3 is 2.19 bits per heavy atom. The number of aromatic nitrogens is 2. The summed E-state index contributed by atoms with van der Waals surface area (Å²) in [4.78, 5) is 4.14. The van der Waals surface area contributed by atoms with Gasteiger partial charge in [0.25, 0.3) is 0 Å². The molecule has 0 amide bonds. The van der Waals surface area contributed by atoms with E-state index in [1.54, 1.807) is 6.20 Å². The van der Waals surface area contributed by atoms with Gasteiger partial charge in [-0.2, -0.15) is 0 Å². The molecule has 0 radical (unpaired) electrons. The zero-order valence-electron chi connectivity index (χ0n) is 9.74. The van der Waals surface area contributed by atoms with Crippen LogP contribution >= 0.6 is 15.9 Å². The van der Waals surface area contributed by atoms with Crippen LogP contribution in [0.4, 0.5) is 0 Å². The number of hydrogen-bond acceptors (Lipinski definition) is 1. The second-order valence-electron chi connectivity index (χ2n) is 4.86. The Balaban J connectivity index is 2.37. The van der Waals surface area contributed by atoms with Crippen LogP contribution in [0.2, 0.25) is 0 Å². The molecule has 0 bridgehead atoms. The smallest absolute Gasteiger partial charge is 0.181 e. The van der Waals surface area contributed by atoms with Gasteiger partial charge in [-0.1, -0.05) is 32.9 Å². The van der Waals surface area contributed by atoms with Gasteiger partial charge in [0.1, 0.15) is 0 Å². The van der Waals surface area contributed by atoms with Crippen LogP contribution in [0.3, 0.4) is 0 Å². The molecule has 0 saturated heterocycles. The van der Waals surface area contributed by atoms with E-state index in [2.05, 4.69) is 66.0 Å². The highest BCUT2D eigenvalue weighted by Gasteiger charge is 2.13. The van der Waals surface area contributed by atoms with Crippen molar-refractivity contribution in [3.63, 3.8) is 0 Å². The van der Waals surface area contributed by atoms with Crippen LogP contribution < -0.4 is 0 Å². The van der Waals surface area contributed by atoms with Gasteiger partial charge in [-0.05, 0) is 39.0 Å². The summed E-state index contributed by atoms with van der Waals surface area (Å²) in [5, 5.41) is 0. The first-order chi connectivity index (χ1) is 7.48. The van der Waals surface area contributed by atoms with E-state index in [9.17, 15) is 0 Å². The van der Waals surface area contributed by atoms with Crippen LogP contribution in [0, 0.1) is 0 Å². The molecule has 0 aliphatic rings. The molecular weight excluding hydrogens is 264 g/mol. The second-order valence-corrected chi connectivity index (χ2v) is 5.57. The highest BCUT2D eigenvalue weighted by atomic mass is 79.9. The first kappa shape index (κ1) is 11.4. The van der Waals surface area contributed by atoms with Crippen molar-refractivity contribution >= 4 is 15.9 Å². The average molecular weight is 279 g/mol. The van der Waals surface area contributed by atoms with Crippen LogP contribution in [-0.2, 0) is 5.41 Å². The molecule has 1 aromatic heterocycles. The molecule has 2 rings (SSSR count). The fraction of sp³-hybridized carbons (Fsp3) is 0.308. The van der Waals surface area contributed by atoms with Gasteiger partial charge < -0.3 is 0 Å². The monoisotopic (exact) mass is 278 g/mol. The van der Waals surface area contributed by atoms with Crippen LogP contribution in [-0.4, -0.2) is 9.55 Å².